The van der Waals surface area contributed by atoms with E-state index in [1.165, 1.54) is 4.57 Å². The lowest BCUT2D eigenvalue weighted by atomic mass is 10.1. The lowest BCUT2D eigenvalue weighted by molar-refractivity contribution is 0.184. The fraction of sp³-hybridized carbons (Fsp3) is 0.364. The summed E-state index contributed by atoms with van der Waals surface area (Å²) in [6.45, 7) is 2.38. The van der Waals surface area contributed by atoms with Crippen LogP contribution in [0.3, 0.4) is 0 Å². The highest BCUT2D eigenvalue weighted by Crippen LogP contribution is 2.30. The fourth-order valence-corrected chi connectivity index (χ4v) is 3.74. The van der Waals surface area contributed by atoms with E-state index in [4.69, 9.17) is 4.52 Å². The number of anilines is 1. The van der Waals surface area contributed by atoms with Crippen molar-refractivity contribution in [1.82, 2.24) is 19.6 Å². The summed E-state index contributed by atoms with van der Waals surface area (Å²) in [5, 5.41) is 7.00. The summed E-state index contributed by atoms with van der Waals surface area (Å²) in [6, 6.07) is 10.7. The Morgan fingerprint density at radius 3 is 2.77 bits per heavy atom. The second kappa shape index (κ2) is 8.52. The molecule has 1 fully saturated rings. The Morgan fingerprint density at radius 2 is 1.97 bits per heavy atom. The van der Waals surface area contributed by atoms with Crippen molar-refractivity contribution in [2.75, 3.05) is 11.9 Å². The summed E-state index contributed by atoms with van der Waals surface area (Å²) in [5.74, 6) is 0.923. The van der Waals surface area contributed by atoms with E-state index in [0.29, 0.717) is 23.9 Å². The highest BCUT2D eigenvalue weighted by Gasteiger charge is 2.31. The van der Waals surface area contributed by atoms with Crippen LogP contribution in [0.2, 0.25) is 0 Å². The second-order valence-electron chi connectivity index (χ2n) is 7.60. The monoisotopic (exact) mass is 407 g/mol. The van der Waals surface area contributed by atoms with Gasteiger partial charge in [-0.3, -0.25) is 4.79 Å². The molecule has 1 aliphatic heterocycles. The molecule has 4 rings (SSSR count). The number of amides is 2. The SMILES string of the molecule is Cc1ccn(C)c(=O)c1NC(=O)N1CCCCC[C@@H]1c1noc(-c2ccccc2)n1. The van der Waals surface area contributed by atoms with Crippen LogP contribution >= 0.6 is 0 Å². The average molecular weight is 407 g/mol. The van der Waals surface area contributed by atoms with Crippen molar-refractivity contribution in [2.45, 2.75) is 38.6 Å². The first-order chi connectivity index (χ1) is 14.5. The molecule has 0 unspecified atom stereocenters. The van der Waals surface area contributed by atoms with Crippen LogP contribution in [-0.2, 0) is 7.05 Å². The maximum atomic E-state index is 13.2. The molecule has 156 valence electrons. The third-order valence-corrected chi connectivity index (χ3v) is 5.48. The van der Waals surface area contributed by atoms with Crippen molar-refractivity contribution in [3.63, 3.8) is 0 Å². The Kier molecular flexibility index (Phi) is 5.65. The van der Waals surface area contributed by atoms with E-state index in [1.807, 2.05) is 43.3 Å². The van der Waals surface area contributed by atoms with Crippen LogP contribution in [0.4, 0.5) is 10.5 Å². The zero-order valence-electron chi connectivity index (χ0n) is 17.2. The fourth-order valence-electron chi connectivity index (χ4n) is 3.74. The van der Waals surface area contributed by atoms with Crippen LogP contribution in [0.15, 0.2) is 51.9 Å². The van der Waals surface area contributed by atoms with Crippen molar-refractivity contribution >= 4 is 11.7 Å². The van der Waals surface area contributed by atoms with E-state index >= 15 is 0 Å². The number of urea groups is 1. The van der Waals surface area contributed by atoms with E-state index in [9.17, 15) is 9.59 Å². The molecule has 1 N–H and O–H groups in total. The number of benzene rings is 1. The third kappa shape index (κ3) is 3.98. The first kappa shape index (κ1) is 19.9. The lowest BCUT2D eigenvalue weighted by Crippen LogP contribution is -2.40. The molecule has 1 aromatic carbocycles. The van der Waals surface area contributed by atoms with E-state index < -0.39 is 0 Å². The Labute approximate surface area is 174 Å². The summed E-state index contributed by atoms with van der Waals surface area (Å²) in [5.41, 5.74) is 1.62. The lowest BCUT2D eigenvalue weighted by Gasteiger charge is -2.28. The molecule has 1 atom stereocenters. The first-order valence-corrected chi connectivity index (χ1v) is 10.2. The third-order valence-electron chi connectivity index (χ3n) is 5.48. The van der Waals surface area contributed by atoms with Gasteiger partial charge in [0.1, 0.15) is 5.69 Å². The molecule has 0 aliphatic carbocycles. The largest absolute Gasteiger partial charge is 0.334 e. The van der Waals surface area contributed by atoms with Gasteiger partial charge in [-0.1, -0.05) is 36.2 Å². The molecular formula is C22H25N5O3. The number of aryl methyl sites for hydroxylation is 2. The van der Waals surface area contributed by atoms with Gasteiger partial charge in [0.05, 0.1) is 6.04 Å². The topological polar surface area (TPSA) is 93.3 Å². The van der Waals surface area contributed by atoms with Gasteiger partial charge >= 0.3 is 6.03 Å². The van der Waals surface area contributed by atoms with Crippen LogP contribution < -0.4 is 10.9 Å². The zero-order chi connectivity index (χ0) is 21.1. The Bertz CT molecular complexity index is 1090. The van der Waals surface area contributed by atoms with Crippen LogP contribution in [-0.4, -0.2) is 32.2 Å². The number of nitrogens with one attached hydrogen (secondary N) is 1. The smallest absolute Gasteiger partial charge is 0.322 e. The number of aromatic nitrogens is 3. The number of nitrogens with zero attached hydrogens (tertiary/aromatic N) is 4. The van der Waals surface area contributed by atoms with Gasteiger partial charge < -0.3 is 19.3 Å². The molecule has 0 spiro atoms. The van der Waals surface area contributed by atoms with Gasteiger partial charge in [-0.15, -0.1) is 0 Å². The van der Waals surface area contributed by atoms with Crippen molar-refractivity contribution in [3.05, 3.63) is 64.3 Å². The molecule has 8 nitrogen and oxygen atoms in total. The van der Waals surface area contributed by atoms with Crippen LogP contribution in [0.5, 0.6) is 0 Å². The number of carbonyl (C=O) groups is 1. The molecule has 2 aromatic heterocycles. The van der Waals surface area contributed by atoms with Crippen molar-refractivity contribution in [3.8, 4) is 11.5 Å². The molecule has 0 radical (unpaired) electrons. The van der Waals surface area contributed by atoms with Gasteiger partial charge in [0, 0.05) is 25.4 Å². The molecule has 30 heavy (non-hydrogen) atoms. The minimum atomic E-state index is -0.320. The maximum Gasteiger partial charge on any atom is 0.322 e. The molecule has 1 saturated heterocycles. The molecular weight excluding hydrogens is 382 g/mol. The summed E-state index contributed by atoms with van der Waals surface area (Å²) in [6.07, 6.45) is 5.31. The molecule has 1 aliphatic rings. The number of pyridine rings is 1. The minimum Gasteiger partial charge on any atom is -0.334 e. The zero-order valence-corrected chi connectivity index (χ0v) is 17.2. The van der Waals surface area contributed by atoms with Crippen LogP contribution in [0.25, 0.3) is 11.5 Å². The summed E-state index contributed by atoms with van der Waals surface area (Å²) in [4.78, 5) is 31.9. The highest BCUT2D eigenvalue weighted by atomic mass is 16.5. The van der Waals surface area contributed by atoms with Crippen LogP contribution in [0, 0.1) is 6.92 Å². The molecule has 8 heteroatoms. The Morgan fingerprint density at radius 1 is 1.17 bits per heavy atom. The Balaban J connectivity index is 1.61. The van der Waals surface area contributed by atoms with Gasteiger partial charge in [0.15, 0.2) is 5.82 Å². The van der Waals surface area contributed by atoms with E-state index in [2.05, 4.69) is 15.5 Å². The van der Waals surface area contributed by atoms with E-state index in [1.54, 1.807) is 18.1 Å². The number of carbonyl (C=O) groups excluding carboxylic acids is 1. The molecule has 2 amide bonds. The van der Waals surface area contributed by atoms with Gasteiger partial charge in [-0.2, -0.15) is 4.98 Å². The minimum absolute atomic E-state index is 0.236. The number of hydrogen-bond acceptors (Lipinski definition) is 5. The molecule has 3 heterocycles. The molecule has 3 aromatic rings. The van der Waals surface area contributed by atoms with Crippen molar-refractivity contribution in [2.24, 2.45) is 7.05 Å². The normalized spacial score (nSPS) is 16.9. The predicted molar refractivity (Wildman–Crippen MR) is 113 cm³/mol. The predicted octanol–water partition coefficient (Wildman–Crippen LogP) is 3.89. The number of rotatable bonds is 3. The maximum absolute atomic E-state index is 13.2. The second-order valence-corrected chi connectivity index (χ2v) is 7.60. The standard InChI is InChI=1S/C22H25N5O3/c1-15-12-14-26(2)21(28)18(15)23-22(29)27-13-8-4-7-11-17(27)19-24-20(30-25-19)16-9-5-3-6-10-16/h3,5-6,9-10,12,14,17H,4,7-8,11,13H2,1-2H3,(H,23,29)/t17-/m1/s1. The summed E-state index contributed by atoms with van der Waals surface area (Å²) in [7, 11) is 1.66. The van der Waals surface area contributed by atoms with Crippen LogP contribution in [0.1, 0.15) is 43.1 Å². The average Bonchev–Trinajstić information content (AvgIpc) is 3.12. The number of hydrogen-bond donors (Lipinski definition) is 1. The van der Waals surface area contributed by atoms with Gasteiger partial charge in [0.2, 0.25) is 0 Å². The van der Waals surface area contributed by atoms with E-state index in [-0.39, 0.29) is 17.6 Å². The number of likely N-dealkylation sites (tertiary alicyclic amines) is 1. The highest BCUT2D eigenvalue weighted by molar-refractivity contribution is 5.90. The molecule has 0 saturated carbocycles. The van der Waals surface area contributed by atoms with Crippen molar-refractivity contribution in [1.29, 1.82) is 0 Å². The summed E-state index contributed by atoms with van der Waals surface area (Å²) >= 11 is 0. The quantitative estimate of drug-likeness (QED) is 0.711. The summed E-state index contributed by atoms with van der Waals surface area (Å²) < 4.78 is 6.92. The van der Waals surface area contributed by atoms with Crippen molar-refractivity contribution < 1.29 is 9.32 Å². The van der Waals surface area contributed by atoms with Gasteiger partial charge in [0.25, 0.3) is 11.4 Å². The Hall–Kier alpha value is -3.42. The molecule has 0 bridgehead atoms. The van der Waals surface area contributed by atoms with Gasteiger partial charge in [-0.05, 0) is 43.5 Å². The van der Waals surface area contributed by atoms with Gasteiger partial charge in [-0.25, -0.2) is 4.79 Å². The first-order valence-electron chi connectivity index (χ1n) is 10.2. The van der Waals surface area contributed by atoms with E-state index in [0.717, 1.165) is 36.8 Å².